The largest absolute Gasteiger partial charge is 0.492 e. The second-order valence-corrected chi connectivity index (χ2v) is 6.94. The Bertz CT molecular complexity index is 909. The number of ether oxygens (including phenoxy) is 2. The van der Waals surface area contributed by atoms with Crippen molar-refractivity contribution in [2.24, 2.45) is 0 Å². The van der Waals surface area contributed by atoms with Crippen LogP contribution in [0.1, 0.15) is 26.7 Å². The first-order valence-corrected chi connectivity index (χ1v) is 10.4. The van der Waals surface area contributed by atoms with Crippen LogP contribution in [-0.2, 0) is 0 Å². The molecule has 3 rings (SSSR count). The number of hydrogen-bond donors (Lipinski definition) is 2. The maximum absolute atomic E-state index is 13.0. The Balaban J connectivity index is 1.76. The predicted octanol–water partition coefficient (Wildman–Crippen LogP) is 3.70. The van der Waals surface area contributed by atoms with Crippen molar-refractivity contribution in [3.8, 4) is 11.5 Å². The van der Waals surface area contributed by atoms with Gasteiger partial charge in [0.2, 0.25) is 5.43 Å². The summed E-state index contributed by atoms with van der Waals surface area (Å²) in [6.07, 6.45) is 2.18. The third kappa shape index (κ3) is 5.71. The van der Waals surface area contributed by atoms with Gasteiger partial charge in [-0.3, -0.25) is 4.79 Å². The summed E-state index contributed by atoms with van der Waals surface area (Å²) in [5.74, 6) is 1.33. The normalized spacial score (nSPS) is 11.2. The molecule has 0 aliphatic carbocycles. The van der Waals surface area contributed by atoms with Crippen LogP contribution in [0.2, 0.25) is 0 Å². The third-order valence-electron chi connectivity index (χ3n) is 4.56. The fourth-order valence-corrected chi connectivity index (χ4v) is 3.08. The van der Waals surface area contributed by atoms with E-state index in [-0.39, 0.29) is 5.43 Å². The molecule has 156 valence electrons. The van der Waals surface area contributed by atoms with E-state index in [1.807, 2.05) is 12.1 Å². The Morgan fingerprint density at radius 2 is 1.24 bits per heavy atom. The zero-order valence-electron chi connectivity index (χ0n) is 17.3. The molecule has 2 N–H and O–H groups in total. The Morgan fingerprint density at radius 3 is 1.69 bits per heavy atom. The summed E-state index contributed by atoms with van der Waals surface area (Å²) in [5, 5.41) is 7.60. The number of nitrogens with one attached hydrogen (secondary N) is 2. The monoisotopic (exact) mass is 398 g/mol. The van der Waals surface area contributed by atoms with Gasteiger partial charge >= 0.3 is 0 Å². The summed E-state index contributed by atoms with van der Waals surface area (Å²) in [5.41, 5.74) is 1.03. The molecule has 0 unspecified atom stereocenters. The first kappa shape index (κ1) is 21.1. The smallest absolute Gasteiger partial charge is 0.200 e. The molecule has 0 amide bonds. The average molecular weight is 399 g/mol. The number of rotatable bonds is 12. The van der Waals surface area contributed by atoms with Gasteiger partial charge in [0.15, 0.2) is 0 Å². The summed E-state index contributed by atoms with van der Waals surface area (Å²) >= 11 is 0. The highest BCUT2D eigenvalue weighted by Gasteiger charge is 2.10. The Morgan fingerprint density at radius 1 is 0.759 bits per heavy atom. The van der Waals surface area contributed by atoms with E-state index in [9.17, 15) is 4.79 Å². The first-order valence-electron chi connectivity index (χ1n) is 10.4. The minimum atomic E-state index is -0.0784. The molecule has 1 aromatic heterocycles. The lowest BCUT2D eigenvalue weighted by Gasteiger charge is -2.09. The highest BCUT2D eigenvalue weighted by atomic mass is 16.5. The molecule has 0 aliphatic rings. The molecule has 0 radical (unpaired) electrons. The summed E-state index contributed by atoms with van der Waals surface area (Å²) < 4.78 is 17.4. The number of fused-ring (bicyclic) bond motifs is 2. The minimum absolute atomic E-state index is 0.0784. The van der Waals surface area contributed by atoms with Crippen LogP contribution in [0, 0.1) is 0 Å². The molecule has 0 bridgehead atoms. The lowest BCUT2D eigenvalue weighted by molar-refractivity contribution is 0.314. The van der Waals surface area contributed by atoms with Crippen molar-refractivity contribution in [2.75, 3.05) is 39.4 Å². The van der Waals surface area contributed by atoms with Crippen LogP contribution in [0.5, 0.6) is 11.5 Å². The summed E-state index contributed by atoms with van der Waals surface area (Å²) in [4.78, 5) is 13.0. The van der Waals surface area contributed by atoms with E-state index in [2.05, 4.69) is 24.5 Å². The van der Waals surface area contributed by atoms with E-state index in [1.165, 1.54) is 0 Å². The zero-order valence-corrected chi connectivity index (χ0v) is 17.3. The summed E-state index contributed by atoms with van der Waals surface area (Å²) in [7, 11) is 0. The molecular formula is C23H30N2O4. The molecule has 1 heterocycles. The summed E-state index contributed by atoms with van der Waals surface area (Å²) in [6, 6.07) is 10.7. The quantitative estimate of drug-likeness (QED) is 0.358. The molecule has 3 aromatic rings. The van der Waals surface area contributed by atoms with Crippen LogP contribution in [-0.4, -0.2) is 39.4 Å². The van der Waals surface area contributed by atoms with Crippen molar-refractivity contribution in [2.45, 2.75) is 26.7 Å². The van der Waals surface area contributed by atoms with Crippen LogP contribution in [0.4, 0.5) is 0 Å². The van der Waals surface area contributed by atoms with E-state index in [4.69, 9.17) is 13.9 Å². The minimum Gasteiger partial charge on any atom is -0.492 e. The molecule has 0 spiro atoms. The van der Waals surface area contributed by atoms with Gasteiger partial charge in [-0.1, -0.05) is 13.8 Å². The lowest BCUT2D eigenvalue weighted by Crippen LogP contribution is -2.21. The maximum Gasteiger partial charge on any atom is 0.200 e. The van der Waals surface area contributed by atoms with E-state index in [0.717, 1.165) is 39.0 Å². The molecule has 0 aliphatic heterocycles. The molecule has 6 heteroatoms. The van der Waals surface area contributed by atoms with Crippen LogP contribution < -0.4 is 25.5 Å². The molecule has 0 saturated carbocycles. The van der Waals surface area contributed by atoms with Crippen molar-refractivity contribution in [1.29, 1.82) is 0 Å². The Kier molecular flexibility index (Phi) is 7.90. The van der Waals surface area contributed by atoms with Gasteiger partial charge in [-0.15, -0.1) is 0 Å². The van der Waals surface area contributed by atoms with Crippen LogP contribution >= 0.6 is 0 Å². The molecule has 0 fully saturated rings. The number of hydrogen-bond acceptors (Lipinski definition) is 6. The van der Waals surface area contributed by atoms with Gasteiger partial charge in [0, 0.05) is 13.1 Å². The van der Waals surface area contributed by atoms with E-state index in [0.29, 0.717) is 46.7 Å². The van der Waals surface area contributed by atoms with Crippen LogP contribution in [0.15, 0.2) is 45.6 Å². The van der Waals surface area contributed by atoms with Crippen LogP contribution in [0.3, 0.4) is 0 Å². The topological polar surface area (TPSA) is 72.7 Å². The molecule has 0 atom stereocenters. The Hall–Kier alpha value is -2.57. The van der Waals surface area contributed by atoms with Gasteiger partial charge in [0.05, 0.1) is 10.8 Å². The van der Waals surface area contributed by atoms with Crippen molar-refractivity contribution >= 4 is 21.9 Å². The van der Waals surface area contributed by atoms with Gasteiger partial charge < -0.3 is 24.5 Å². The first-order chi connectivity index (χ1) is 14.2. The summed E-state index contributed by atoms with van der Waals surface area (Å²) in [6.45, 7) is 8.83. The molecule has 6 nitrogen and oxygen atoms in total. The molecule has 2 aromatic carbocycles. The SMILES string of the molecule is CCCNCCOc1ccc2oc3ccc(OCCNCCC)cc3c(=O)c2c1. The standard InChI is InChI=1S/C23H30N2O4/c1-3-9-24-11-13-27-17-5-7-21-19(15-17)23(26)20-16-18(6-8-22(20)29-21)28-14-12-25-10-4-2/h5-8,15-16,24-25H,3-4,9-14H2,1-2H3. The predicted molar refractivity (Wildman–Crippen MR) is 117 cm³/mol. The van der Waals surface area contributed by atoms with Crippen molar-refractivity contribution < 1.29 is 13.9 Å². The fourth-order valence-electron chi connectivity index (χ4n) is 3.08. The Labute approximate surface area is 171 Å². The van der Waals surface area contributed by atoms with E-state index < -0.39 is 0 Å². The molecular weight excluding hydrogens is 368 g/mol. The average Bonchev–Trinajstić information content (AvgIpc) is 2.74. The molecule has 0 saturated heterocycles. The van der Waals surface area contributed by atoms with Crippen molar-refractivity contribution in [1.82, 2.24) is 10.6 Å². The van der Waals surface area contributed by atoms with Crippen molar-refractivity contribution in [3.05, 3.63) is 46.6 Å². The fraction of sp³-hybridized carbons (Fsp3) is 0.435. The second kappa shape index (κ2) is 10.8. The highest BCUT2D eigenvalue weighted by molar-refractivity contribution is 5.90. The lowest BCUT2D eigenvalue weighted by atomic mass is 10.1. The van der Waals surface area contributed by atoms with Crippen LogP contribution in [0.25, 0.3) is 21.9 Å². The van der Waals surface area contributed by atoms with Gasteiger partial charge in [0.1, 0.15) is 35.9 Å². The zero-order chi connectivity index (χ0) is 20.5. The van der Waals surface area contributed by atoms with Gasteiger partial charge in [0.25, 0.3) is 0 Å². The molecule has 29 heavy (non-hydrogen) atoms. The maximum atomic E-state index is 13.0. The van der Waals surface area contributed by atoms with Gasteiger partial charge in [-0.25, -0.2) is 0 Å². The second-order valence-electron chi connectivity index (χ2n) is 6.94. The van der Waals surface area contributed by atoms with Gasteiger partial charge in [-0.05, 0) is 62.3 Å². The van der Waals surface area contributed by atoms with Gasteiger partial charge in [-0.2, -0.15) is 0 Å². The van der Waals surface area contributed by atoms with E-state index in [1.54, 1.807) is 24.3 Å². The number of benzene rings is 2. The van der Waals surface area contributed by atoms with Crippen molar-refractivity contribution in [3.63, 3.8) is 0 Å². The third-order valence-corrected chi connectivity index (χ3v) is 4.56. The highest BCUT2D eigenvalue weighted by Crippen LogP contribution is 2.25. The van der Waals surface area contributed by atoms with E-state index >= 15 is 0 Å².